The van der Waals surface area contributed by atoms with Gasteiger partial charge in [0, 0.05) is 24.3 Å². The zero-order chi connectivity index (χ0) is 12.3. The lowest BCUT2D eigenvalue weighted by Gasteiger charge is -2.07. The number of hydrogen-bond acceptors (Lipinski definition) is 2. The molecule has 0 saturated heterocycles. The Morgan fingerprint density at radius 3 is 2.71 bits per heavy atom. The van der Waals surface area contributed by atoms with Gasteiger partial charge in [0.15, 0.2) is 0 Å². The van der Waals surface area contributed by atoms with Crippen molar-refractivity contribution in [1.29, 1.82) is 0 Å². The Morgan fingerprint density at radius 1 is 1.24 bits per heavy atom. The Kier molecular flexibility index (Phi) is 3.59. The molecular formula is C14H19N3. The van der Waals surface area contributed by atoms with Crippen LogP contribution in [0.25, 0.3) is 11.1 Å². The van der Waals surface area contributed by atoms with E-state index in [0.29, 0.717) is 6.54 Å². The summed E-state index contributed by atoms with van der Waals surface area (Å²) in [5.74, 6) is 0. The van der Waals surface area contributed by atoms with Gasteiger partial charge < -0.3 is 5.73 Å². The summed E-state index contributed by atoms with van der Waals surface area (Å²) in [5.41, 5.74) is 10.6. The van der Waals surface area contributed by atoms with E-state index < -0.39 is 0 Å². The van der Waals surface area contributed by atoms with Gasteiger partial charge in [-0.2, -0.15) is 5.10 Å². The lowest BCUT2D eigenvalue weighted by atomic mass is 10.0. The van der Waals surface area contributed by atoms with Crippen molar-refractivity contribution in [2.45, 2.75) is 33.4 Å². The van der Waals surface area contributed by atoms with Crippen molar-refractivity contribution in [3.63, 3.8) is 0 Å². The number of aryl methyl sites for hydroxylation is 1. The molecule has 17 heavy (non-hydrogen) atoms. The van der Waals surface area contributed by atoms with E-state index in [1.54, 1.807) is 0 Å². The summed E-state index contributed by atoms with van der Waals surface area (Å²) < 4.78 is 2.06. The van der Waals surface area contributed by atoms with E-state index in [4.69, 9.17) is 5.73 Å². The van der Waals surface area contributed by atoms with Crippen molar-refractivity contribution in [2.75, 3.05) is 0 Å². The highest BCUT2D eigenvalue weighted by Crippen LogP contribution is 2.26. The SMILES string of the molecule is CCCn1ncc(-c2ccccc2CN)c1C. The molecule has 90 valence electrons. The Labute approximate surface area is 102 Å². The molecule has 0 spiro atoms. The molecule has 3 heteroatoms. The van der Waals surface area contributed by atoms with E-state index in [-0.39, 0.29) is 0 Å². The summed E-state index contributed by atoms with van der Waals surface area (Å²) in [5, 5.41) is 4.43. The number of nitrogens with two attached hydrogens (primary N) is 1. The lowest BCUT2D eigenvalue weighted by Crippen LogP contribution is -2.02. The van der Waals surface area contributed by atoms with Crippen LogP contribution < -0.4 is 5.73 Å². The largest absolute Gasteiger partial charge is 0.326 e. The zero-order valence-electron chi connectivity index (χ0n) is 10.5. The third-order valence-electron chi connectivity index (χ3n) is 3.07. The number of rotatable bonds is 4. The molecule has 1 aromatic carbocycles. The minimum atomic E-state index is 0.564. The van der Waals surface area contributed by atoms with E-state index in [2.05, 4.69) is 35.8 Å². The average molecular weight is 229 g/mol. The van der Waals surface area contributed by atoms with Crippen LogP contribution in [0, 0.1) is 6.92 Å². The van der Waals surface area contributed by atoms with Crippen LogP contribution in [0.4, 0.5) is 0 Å². The van der Waals surface area contributed by atoms with Gasteiger partial charge in [0.1, 0.15) is 0 Å². The first-order chi connectivity index (χ1) is 8.27. The second-order valence-corrected chi connectivity index (χ2v) is 4.23. The summed E-state index contributed by atoms with van der Waals surface area (Å²) >= 11 is 0. The molecule has 1 heterocycles. The first-order valence-electron chi connectivity index (χ1n) is 6.08. The average Bonchev–Trinajstić information content (AvgIpc) is 2.72. The highest BCUT2D eigenvalue weighted by atomic mass is 15.3. The van der Waals surface area contributed by atoms with E-state index in [1.807, 2.05) is 18.3 Å². The van der Waals surface area contributed by atoms with Gasteiger partial charge in [-0.25, -0.2) is 0 Å². The molecule has 1 aromatic heterocycles. The molecule has 0 unspecified atom stereocenters. The van der Waals surface area contributed by atoms with Crippen molar-refractivity contribution < 1.29 is 0 Å². The van der Waals surface area contributed by atoms with Crippen LogP contribution in [0.2, 0.25) is 0 Å². The molecule has 0 bridgehead atoms. The minimum Gasteiger partial charge on any atom is -0.326 e. The topological polar surface area (TPSA) is 43.8 Å². The maximum absolute atomic E-state index is 5.78. The Bertz CT molecular complexity index is 500. The Balaban J connectivity index is 2.46. The maximum atomic E-state index is 5.78. The maximum Gasteiger partial charge on any atom is 0.0571 e. The summed E-state index contributed by atoms with van der Waals surface area (Å²) in [6.07, 6.45) is 3.04. The van der Waals surface area contributed by atoms with E-state index >= 15 is 0 Å². The molecule has 0 aliphatic heterocycles. The van der Waals surface area contributed by atoms with Crippen LogP contribution in [-0.4, -0.2) is 9.78 Å². The van der Waals surface area contributed by atoms with Crippen LogP contribution in [-0.2, 0) is 13.1 Å². The van der Waals surface area contributed by atoms with Crippen molar-refractivity contribution >= 4 is 0 Å². The molecular weight excluding hydrogens is 210 g/mol. The smallest absolute Gasteiger partial charge is 0.0571 e. The van der Waals surface area contributed by atoms with Gasteiger partial charge in [-0.3, -0.25) is 4.68 Å². The molecule has 0 radical (unpaired) electrons. The van der Waals surface area contributed by atoms with Gasteiger partial charge in [-0.1, -0.05) is 31.2 Å². The summed E-state index contributed by atoms with van der Waals surface area (Å²) in [4.78, 5) is 0. The van der Waals surface area contributed by atoms with Gasteiger partial charge in [0.2, 0.25) is 0 Å². The van der Waals surface area contributed by atoms with Crippen LogP contribution in [0.15, 0.2) is 30.5 Å². The standard InChI is InChI=1S/C14H19N3/c1-3-8-17-11(2)14(10-16-17)13-7-5-4-6-12(13)9-15/h4-7,10H,3,8-9,15H2,1-2H3. The van der Waals surface area contributed by atoms with Gasteiger partial charge in [-0.05, 0) is 24.5 Å². The number of aromatic nitrogens is 2. The van der Waals surface area contributed by atoms with E-state index in [0.717, 1.165) is 13.0 Å². The highest BCUT2D eigenvalue weighted by Gasteiger charge is 2.10. The molecule has 3 nitrogen and oxygen atoms in total. The number of hydrogen-bond donors (Lipinski definition) is 1. The number of nitrogens with zero attached hydrogens (tertiary/aromatic N) is 2. The summed E-state index contributed by atoms with van der Waals surface area (Å²) in [7, 11) is 0. The molecule has 0 atom stereocenters. The highest BCUT2D eigenvalue weighted by molar-refractivity contribution is 5.68. The second-order valence-electron chi connectivity index (χ2n) is 4.23. The van der Waals surface area contributed by atoms with E-state index in [9.17, 15) is 0 Å². The first-order valence-corrected chi connectivity index (χ1v) is 6.08. The molecule has 0 fully saturated rings. The summed E-state index contributed by atoms with van der Waals surface area (Å²) in [6.45, 7) is 5.81. The number of benzene rings is 1. The second kappa shape index (κ2) is 5.15. The van der Waals surface area contributed by atoms with Crippen molar-refractivity contribution in [3.05, 3.63) is 41.7 Å². The van der Waals surface area contributed by atoms with Crippen molar-refractivity contribution in [1.82, 2.24) is 9.78 Å². The van der Waals surface area contributed by atoms with Crippen LogP contribution >= 0.6 is 0 Å². The fraction of sp³-hybridized carbons (Fsp3) is 0.357. The molecule has 0 aliphatic carbocycles. The normalized spacial score (nSPS) is 10.8. The van der Waals surface area contributed by atoms with Gasteiger partial charge in [0.25, 0.3) is 0 Å². The lowest BCUT2D eigenvalue weighted by molar-refractivity contribution is 0.587. The molecule has 0 saturated carbocycles. The van der Waals surface area contributed by atoms with Crippen molar-refractivity contribution in [3.8, 4) is 11.1 Å². The Hall–Kier alpha value is -1.61. The molecule has 0 aliphatic rings. The molecule has 2 rings (SSSR count). The fourth-order valence-corrected chi connectivity index (χ4v) is 2.11. The van der Waals surface area contributed by atoms with E-state index in [1.165, 1.54) is 22.4 Å². The third-order valence-corrected chi connectivity index (χ3v) is 3.07. The van der Waals surface area contributed by atoms with Crippen LogP contribution in [0.5, 0.6) is 0 Å². The van der Waals surface area contributed by atoms with Gasteiger partial charge in [-0.15, -0.1) is 0 Å². The predicted octanol–water partition coefficient (Wildman–Crippen LogP) is 2.73. The molecule has 2 aromatic rings. The zero-order valence-corrected chi connectivity index (χ0v) is 10.5. The fourth-order valence-electron chi connectivity index (χ4n) is 2.11. The van der Waals surface area contributed by atoms with Gasteiger partial charge >= 0.3 is 0 Å². The Morgan fingerprint density at radius 2 is 2.00 bits per heavy atom. The summed E-state index contributed by atoms with van der Waals surface area (Å²) in [6, 6.07) is 8.26. The van der Waals surface area contributed by atoms with Crippen LogP contribution in [0.1, 0.15) is 24.6 Å². The third kappa shape index (κ3) is 2.24. The monoisotopic (exact) mass is 229 g/mol. The van der Waals surface area contributed by atoms with Gasteiger partial charge in [0.05, 0.1) is 6.20 Å². The predicted molar refractivity (Wildman–Crippen MR) is 70.6 cm³/mol. The first kappa shape index (κ1) is 11.9. The van der Waals surface area contributed by atoms with Crippen LogP contribution in [0.3, 0.4) is 0 Å². The quantitative estimate of drug-likeness (QED) is 0.876. The van der Waals surface area contributed by atoms with Crippen molar-refractivity contribution in [2.24, 2.45) is 5.73 Å². The molecule has 0 amide bonds. The minimum absolute atomic E-state index is 0.564. The molecule has 2 N–H and O–H groups in total.